The number of rotatable bonds is 1. The van der Waals surface area contributed by atoms with Crippen LogP contribution in [-0.4, -0.2) is 29.9 Å². The average molecular weight is 182 g/mol. The zero-order valence-electron chi connectivity index (χ0n) is 8.36. The first kappa shape index (κ1) is 10.3. The largest absolute Gasteiger partial charge is 0.339 e. The number of nitrogens with two attached hydrogens (primary N) is 1. The molecule has 0 aromatic heterocycles. The molecular weight excluding hydrogens is 164 g/mol. The van der Waals surface area contributed by atoms with E-state index >= 15 is 0 Å². The van der Waals surface area contributed by atoms with Crippen molar-refractivity contribution in [3.8, 4) is 0 Å². The molecule has 1 rings (SSSR count). The molecule has 2 unspecified atom stereocenters. The fraction of sp³-hybridized carbons (Fsp3) is 0.700. The van der Waals surface area contributed by atoms with Gasteiger partial charge in [-0.1, -0.05) is 13.0 Å². The lowest BCUT2D eigenvalue weighted by atomic mass is 9.95. The van der Waals surface area contributed by atoms with Crippen LogP contribution in [0.2, 0.25) is 0 Å². The van der Waals surface area contributed by atoms with Gasteiger partial charge >= 0.3 is 0 Å². The second-order valence-corrected chi connectivity index (χ2v) is 3.71. The van der Waals surface area contributed by atoms with E-state index in [-0.39, 0.29) is 11.9 Å². The van der Waals surface area contributed by atoms with E-state index in [1.165, 1.54) is 0 Å². The summed E-state index contributed by atoms with van der Waals surface area (Å²) in [5.74, 6) is 0.532. The van der Waals surface area contributed by atoms with Gasteiger partial charge in [0.05, 0.1) is 0 Å². The van der Waals surface area contributed by atoms with Crippen LogP contribution in [0.25, 0.3) is 0 Å². The number of carbonyl (C=O) groups is 1. The van der Waals surface area contributed by atoms with Crippen LogP contribution in [0.4, 0.5) is 0 Å². The number of amides is 1. The Hall–Kier alpha value is -0.830. The van der Waals surface area contributed by atoms with Gasteiger partial charge in [-0.05, 0) is 25.3 Å². The number of hydrogen-bond acceptors (Lipinski definition) is 2. The first-order chi connectivity index (χ1) is 6.15. The zero-order valence-corrected chi connectivity index (χ0v) is 8.36. The normalized spacial score (nSPS) is 29.6. The smallest absolute Gasteiger partial charge is 0.246 e. The minimum Gasteiger partial charge on any atom is -0.339 e. The molecule has 0 aromatic carbocycles. The minimum atomic E-state index is 0.112. The summed E-state index contributed by atoms with van der Waals surface area (Å²) in [6, 6.07) is 0.259. The van der Waals surface area contributed by atoms with E-state index in [1.807, 2.05) is 11.8 Å². The predicted octanol–water partition coefficient (Wildman–Crippen LogP) is 0.758. The van der Waals surface area contributed by atoms with Crippen molar-refractivity contribution in [2.75, 3.05) is 13.1 Å². The number of allylic oxidation sites excluding steroid dienone is 1. The molecule has 0 aromatic rings. The van der Waals surface area contributed by atoms with Crippen molar-refractivity contribution in [1.82, 2.24) is 4.90 Å². The molecule has 1 saturated heterocycles. The fourth-order valence-corrected chi connectivity index (χ4v) is 1.61. The molecule has 1 amide bonds. The van der Waals surface area contributed by atoms with Crippen molar-refractivity contribution in [3.63, 3.8) is 0 Å². The quantitative estimate of drug-likeness (QED) is 0.608. The van der Waals surface area contributed by atoms with E-state index in [1.54, 1.807) is 12.2 Å². The maximum Gasteiger partial charge on any atom is 0.246 e. The summed E-state index contributed by atoms with van der Waals surface area (Å²) >= 11 is 0. The summed E-state index contributed by atoms with van der Waals surface area (Å²) in [6.45, 7) is 5.55. The standard InChI is InChI=1S/C10H18N2O/c1-3-4-10(13)12-6-5-9(11)8(2)7-12/h3-4,8-9H,5-7,11H2,1-2H3. The summed E-state index contributed by atoms with van der Waals surface area (Å²) in [7, 11) is 0. The molecule has 0 aliphatic carbocycles. The van der Waals surface area contributed by atoms with E-state index in [4.69, 9.17) is 5.73 Å². The van der Waals surface area contributed by atoms with Gasteiger partial charge in [-0.25, -0.2) is 0 Å². The highest BCUT2D eigenvalue weighted by Crippen LogP contribution is 2.14. The number of piperidine rings is 1. The van der Waals surface area contributed by atoms with E-state index in [0.717, 1.165) is 19.5 Å². The first-order valence-corrected chi connectivity index (χ1v) is 4.82. The van der Waals surface area contributed by atoms with Gasteiger partial charge in [0, 0.05) is 19.1 Å². The van der Waals surface area contributed by atoms with Gasteiger partial charge < -0.3 is 10.6 Å². The summed E-state index contributed by atoms with van der Waals surface area (Å²) in [4.78, 5) is 13.3. The Morgan fingerprint density at radius 3 is 2.85 bits per heavy atom. The monoisotopic (exact) mass is 182 g/mol. The van der Waals surface area contributed by atoms with Crippen LogP contribution in [0.1, 0.15) is 20.3 Å². The SMILES string of the molecule is CC=CC(=O)N1CCC(N)C(C)C1. The lowest BCUT2D eigenvalue weighted by Crippen LogP contribution is -2.47. The molecule has 3 heteroatoms. The van der Waals surface area contributed by atoms with Crippen LogP contribution in [0.15, 0.2) is 12.2 Å². The number of nitrogens with zero attached hydrogens (tertiary/aromatic N) is 1. The Balaban J connectivity index is 2.50. The van der Waals surface area contributed by atoms with Crippen LogP contribution in [-0.2, 0) is 4.79 Å². The molecule has 1 fully saturated rings. The molecule has 0 spiro atoms. The molecule has 3 nitrogen and oxygen atoms in total. The zero-order chi connectivity index (χ0) is 9.84. The van der Waals surface area contributed by atoms with Gasteiger partial charge in [0.15, 0.2) is 0 Å². The lowest BCUT2D eigenvalue weighted by molar-refractivity contribution is -0.127. The molecule has 1 heterocycles. The highest BCUT2D eigenvalue weighted by Gasteiger charge is 2.24. The maximum absolute atomic E-state index is 11.4. The molecule has 1 aliphatic heterocycles. The third kappa shape index (κ3) is 2.56. The third-order valence-electron chi connectivity index (χ3n) is 2.59. The molecule has 13 heavy (non-hydrogen) atoms. The Kier molecular flexibility index (Phi) is 3.48. The molecule has 74 valence electrons. The van der Waals surface area contributed by atoms with Crippen molar-refractivity contribution < 1.29 is 4.79 Å². The summed E-state index contributed by atoms with van der Waals surface area (Å²) in [5, 5.41) is 0. The van der Waals surface area contributed by atoms with E-state index in [0.29, 0.717) is 5.92 Å². The van der Waals surface area contributed by atoms with E-state index in [9.17, 15) is 4.79 Å². The number of carbonyl (C=O) groups excluding carboxylic acids is 1. The van der Waals surface area contributed by atoms with Crippen molar-refractivity contribution in [3.05, 3.63) is 12.2 Å². The van der Waals surface area contributed by atoms with Crippen LogP contribution >= 0.6 is 0 Å². The molecule has 2 atom stereocenters. The molecule has 0 bridgehead atoms. The van der Waals surface area contributed by atoms with Crippen LogP contribution in [0.5, 0.6) is 0 Å². The second kappa shape index (κ2) is 4.42. The highest BCUT2D eigenvalue weighted by atomic mass is 16.2. The number of likely N-dealkylation sites (tertiary alicyclic amines) is 1. The molecule has 1 aliphatic rings. The summed E-state index contributed by atoms with van der Waals surface area (Å²) in [5.41, 5.74) is 5.86. The molecular formula is C10H18N2O. The number of hydrogen-bond donors (Lipinski definition) is 1. The topological polar surface area (TPSA) is 46.3 Å². The maximum atomic E-state index is 11.4. The third-order valence-corrected chi connectivity index (χ3v) is 2.59. The Morgan fingerprint density at radius 1 is 1.62 bits per heavy atom. The van der Waals surface area contributed by atoms with Crippen LogP contribution in [0.3, 0.4) is 0 Å². The van der Waals surface area contributed by atoms with Gasteiger partial charge in [0.2, 0.25) is 5.91 Å². The molecule has 2 N–H and O–H groups in total. The van der Waals surface area contributed by atoms with Crippen molar-refractivity contribution in [2.45, 2.75) is 26.3 Å². The second-order valence-electron chi connectivity index (χ2n) is 3.71. The predicted molar refractivity (Wildman–Crippen MR) is 53.2 cm³/mol. The van der Waals surface area contributed by atoms with E-state index in [2.05, 4.69) is 6.92 Å². The minimum absolute atomic E-state index is 0.112. The van der Waals surface area contributed by atoms with Gasteiger partial charge in [0.1, 0.15) is 0 Å². The highest BCUT2D eigenvalue weighted by molar-refractivity contribution is 5.87. The van der Waals surface area contributed by atoms with E-state index < -0.39 is 0 Å². The molecule has 0 saturated carbocycles. The van der Waals surface area contributed by atoms with Gasteiger partial charge in [0.25, 0.3) is 0 Å². The van der Waals surface area contributed by atoms with Crippen LogP contribution < -0.4 is 5.73 Å². The van der Waals surface area contributed by atoms with Crippen molar-refractivity contribution in [2.24, 2.45) is 11.7 Å². The summed E-state index contributed by atoms with van der Waals surface area (Å²) < 4.78 is 0. The first-order valence-electron chi connectivity index (χ1n) is 4.82. The average Bonchev–Trinajstić information content (AvgIpc) is 2.10. The van der Waals surface area contributed by atoms with Crippen LogP contribution in [0, 0.1) is 5.92 Å². The van der Waals surface area contributed by atoms with Gasteiger partial charge in [-0.3, -0.25) is 4.79 Å². The molecule has 0 radical (unpaired) electrons. The van der Waals surface area contributed by atoms with Gasteiger partial charge in [-0.2, -0.15) is 0 Å². The lowest BCUT2D eigenvalue weighted by Gasteiger charge is -2.34. The van der Waals surface area contributed by atoms with Crippen molar-refractivity contribution in [1.29, 1.82) is 0 Å². The Morgan fingerprint density at radius 2 is 2.31 bits per heavy atom. The Labute approximate surface area is 79.6 Å². The fourth-order valence-electron chi connectivity index (χ4n) is 1.61. The van der Waals surface area contributed by atoms with Gasteiger partial charge in [-0.15, -0.1) is 0 Å². The van der Waals surface area contributed by atoms with Crippen molar-refractivity contribution >= 4 is 5.91 Å². The Bertz CT molecular complexity index is 213. The summed E-state index contributed by atoms with van der Waals surface area (Å²) in [6.07, 6.45) is 4.32.